The van der Waals surface area contributed by atoms with E-state index in [0.717, 1.165) is 21.3 Å². The zero-order chi connectivity index (χ0) is 27.5. The van der Waals surface area contributed by atoms with Crippen molar-refractivity contribution < 1.29 is 14.0 Å². The van der Waals surface area contributed by atoms with Crippen LogP contribution in [0, 0.1) is 5.82 Å². The summed E-state index contributed by atoms with van der Waals surface area (Å²) in [5.74, 6) is 5.64. The number of imidazole rings is 1. The number of rotatable bonds is 7. The van der Waals surface area contributed by atoms with Gasteiger partial charge in [0, 0.05) is 29.1 Å². The molecule has 0 saturated heterocycles. The lowest BCUT2D eigenvalue weighted by Gasteiger charge is -2.19. The number of benzene rings is 3. The first kappa shape index (κ1) is 31.2. The van der Waals surface area contributed by atoms with E-state index < -0.39 is 0 Å². The number of fused-ring (bicyclic) bond motifs is 1. The van der Waals surface area contributed by atoms with Crippen molar-refractivity contribution in [2.24, 2.45) is 5.84 Å². The normalized spacial score (nSPS) is 11.2. The van der Waals surface area contributed by atoms with Gasteiger partial charge in [-0.05, 0) is 54.3 Å². The van der Waals surface area contributed by atoms with Gasteiger partial charge in [-0.15, -0.1) is 24.8 Å². The van der Waals surface area contributed by atoms with Gasteiger partial charge >= 0.3 is 0 Å². The van der Waals surface area contributed by atoms with Crippen LogP contribution in [0.1, 0.15) is 42.2 Å². The van der Waals surface area contributed by atoms with Crippen LogP contribution in [0.3, 0.4) is 0 Å². The molecule has 0 radical (unpaired) electrons. The second kappa shape index (κ2) is 13.4. The molecule has 2 amide bonds. The number of hydrazine groups is 1. The average Bonchev–Trinajstić information content (AvgIpc) is 3.46. The molecule has 11 heteroatoms. The Hall–Kier alpha value is -4.31. The van der Waals surface area contributed by atoms with Crippen molar-refractivity contribution in [3.05, 3.63) is 102 Å². The highest BCUT2D eigenvalue weighted by molar-refractivity contribution is 5.99. The van der Waals surface area contributed by atoms with Crippen molar-refractivity contribution in [3.63, 3.8) is 0 Å². The van der Waals surface area contributed by atoms with E-state index in [-0.39, 0.29) is 54.9 Å². The van der Waals surface area contributed by atoms with E-state index in [4.69, 9.17) is 5.84 Å². The van der Waals surface area contributed by atoms with E-state index in [0.29, 0.717) is 34.0 Å². The maximum Gasteiger partial charge on any atom is 0.251 e. The van der Waals surface area contributed by atoms with Gasteiger partial charge in [0.15, 0.2) is 5.82 Å². The van der Waals surface area contributed by atoms with E-state index in [9.17, 15) is 14.0 Å². The van der Waals surface area contributed by atoms with Crippen LogP contribution in [0.4, 0.5) is 10.1 Å². The molecule has 2 heterocycles. The average molecular weight is 596 g/mol. The van der Waals surface area contributed by atoms with Gasteiger partial charge in [0.25, 0.3) is 5.91 Å². The molecule has 1 atom stereocenters. The molecule has 212 valence electrons. The smallest absolute Gasteiger partial charge is 0.251 e. The Labute approximate surface area is 249 Å². The highest BCUT2D eigenvalue weighted by atomic mass is 35.5. The Morgan fingerprint density at radius 2 is 1.68 bits per heavy atom. The van der Waals surface area contributed by atoms with E-state index >= 15 is 0 Å². The van der Waals surface area contributed by atoms with Gasteiger partial charge in [-0.1, -0.05) is 43.3 Å². The van der Waals surface area contributed by atoms with E-state index in [2.05, 4.69) is 20.3 Å². The molecule has 0 saturated carbocycles. The molecule has 5 rings (SSSR count). The fourth-order valence-electron chi connectivity index (χ4n) is 4.28. The summed E-state index contributed by atoms with van der Waals surface area (Å²) in [7, 11) is 0. The van der Waals surface area contributed by atoms with Crippen molar-refractivity contribution in [1.29, 1.82) is 0 Å². The molecule has 0 aliphatic rings. The molecule has 2 aromatic heterocycles. The molecule has 8 nitrogen and oxygen atoms in total. The number of aromatic nitrogens is 3. The van der Waals surface area contributed by atoms with Crippen molar-refractivity contribution >= 4 is 53.1 Å². The molecule has 0 spiro atoms. The maximum absolute atomic E-state index is 13.3. The molecular weight excluding hydrogens is 566 g/mol. The van der Waals surface area contributed by atoms with Crippen molar-refractivity contribution in [2.75, 3.05) is 5.01 Å². The van der Waals surface area contributed by atoms with Crippen LogP contribution in [0.15, 0.2) is 85.2 Å². The number of H-pyrrole nitrogens is 1. The number of nitrogens with zero attached hydrogens (tertiary/aromatic N) is 3. The van der Waals surface area contributed by atoms with Gasteiger partial charge in [0.2, 0.25) is 5.91 Å². The molecule has 0 unspecified atom stereocenters. The van der Waals surface area contributed by atoms with Gasteiger partial charge in [-0.25, -0.2) is 20.2 Å². The minimum Gasteiger partial charge on any atom is -0.346 e. The summed E-state index contributed by atoms with van der Waals surface area (Å²) in [6.07, 6.45) is 3.64. The van der Waals surface area contributed by atoms with Crippen LogP contribution < -0.4 is 16.2 Å². The molecule has 0 bridgehead atoms. The topological polar surface area (TPSA) is 117 Å². The van der Waals surface area contributed by atoms with Crippen LogP contribution in [-0.4, -0.2) is 26.8 Å². The number of nitrogens with two attached hydrogens (primary N) is 1. The van der Waals surface area contributed by atoms with Gasteiger partial charge in [-0.3, -0.25) is 14.6 Å². The second-order valence-electron chi connectivity index (χ2n) is 9.19. The lowest BCUT2D eigenvalue weighted by Crippen LogP contribution is -2.37. The summed E-state index contributed by atoms with van der Waals surface area (Å²) >= 11 is 0. The molecular formula is C30H29Cl2FN6O2. The Morgan fingerprint density at radius 1 is 0.976 bits per heavy atom. The van der Waals surface area contributed by atoms with Crippen LogP contribution in [0.2, 0.25) is 0 Å². The molecule has 41 heavy (non-hydrogen) atoms. The molecule has 3 aromatic carbocycles. The van der Waals surface area contributed by atoms with Crippen molar-refractivity contribution in [1.82, 2.24) is 20.3 Å². The lowest BCUT2D eigenvalue weighted by atomic mass is 10.0. The SMILES string of the molecule is CCC(=O)N(N)c1cc(C(=O)N[C@H](C)c2ccc(F)cc2)cc(-c2cnc(-c3cc4ccccc4cn3)[nH]2)c1.Cl.Cl. The number of anilines is 1. The lowest BCUT2D eigenvalue weighted by molar-refractivity contribution is -0.118. The summed E-state index contributed by atoms with van der Waals surface area (Å²) in [4.78, 5) is 37.9. The molecule has 0 fully saturated rings. The number of carbonyl (C=O) groups excluding carboxylic acids is 2. The van der Waals surface area contributed by atoms with Crippen molar-refractivity contribution in [3.8, 4) is 22.8 Å². The molecule has 0 aliphatic carbocycles. The first-order valence-corrected chi connectivity index (χ1v) is 12.5. The predicted octanol–water partition coefficient (Wildman–Crippen LogP) is 6.38. The number of hydrogen-bond acceptors (Lipinski definition) is 5. The predicted molar refractivity (Wildman–Crippen MR) is 164 cm³/mol. The molecule has 0 aliphatic heterocycles. The summed E-state index contributed by atoms with van der Waals surface area (Å²) in [5, 5.41) is 6.02. The Kier molecular flexibility index (Phi) is 10.2. The van der Waals surface area contributed by atoms with E-state index in [1.165, 1.54) is 12.1 Å². The third kappa shape index (κ3) is 6.89. The highest BCUT2D eigenvalue weighted by Crippen LogP contribution is 2.28. The van der Waals surface area contributed by atoms with Crippen LogP contribution in [0.25, 0.3) is 33.5 Å². The van der Waals surface area contributed by atoms with Gasteiger partial charge in [-0.2, -0.15) is 0 Å². The minimum absolute atomic E-state index is 0. The number of amides is 2. The largest absolute Gasteiger partial charge is 0.346 e. The summed E-state index contributed by atoms with van der Waals surface area (Å²) in [5.41, 5.74) is 3.33. The van der Waals surface area contributed by atoms with Crippen LogP contribution >= 0.6 is 24.8 Å². The Morgan fingerprint density at radius 3 is 2.39 bits per heavy atom. The minimum atomic E-state index is -0.380. The number of hydrogen-bond donors (Lipinski definition) is 3. The zero-order valence-corrected chi connectivity index (χ0v) is 23.9. The number of aromatic amines is 1. The van der Waals surface area contributed by atoms with E-state index in [1.807, 2.05) is 37.3 Å². The standard InChI is InChI=1S/C30H27FN6O2.2ClH/c1-3-28(38)37(32)25-13-22(12-23(14-25)30(39)35-18(2)19-8-10-24(31)11-9-19)27-17-34-29(36-27)26-15-20-6-4-5-7-21(20)16-33-26;;/h4-18H,3,32H2,1-2H3,(H,34,36)(H,35,39);2*1H/t18-;;/m1../s1. The quantitative estimate of drug-likeness (QED) is 0.115. The molecule has 4 N–H and O–H groups in total. The fourth-order valence-corrected chi connectivity index (χ4v) is 4.28. The maximum atomic E-state index is 13.3. The number of carbonyl (C=O) groups is 2. The monoisotopic (exact) mass is 594 g/mol. The fraction of sp³-hybridized carbons (Fsp3) is 0.133. The highest BCUT2D eigenvalue weighted by Gasteiger charge is 2.18. The first-order chi connectivity index (χ1) is 18.8. The second-order valence-corrected chi connectivity index (χ2v) is 9.19. The van der Waals surface area contributed by atoms with Crippen LogP contribution in [0.5, 0.6) is 0 Å². The Bertz CT molecular complexity index is 1680. The number of halogens is 3. The van der Waals surface area contributed by atoms with Gasteiger partial charge in [0.1, 0.15) is 11.5 Å². The zero-order valence-electron chi connectivity index (χ0n) is 22.3. The third-order valence-electron chi connectivity index (χ3n) is 6.51. The Balaban J connectivity index is 0.00000231. The first-order valence-electron chi connectivity index (χ1n) is 12.5. The third-order valence-corrected chi connectivity index (χ3v) is 6.51. The van der Waals surface area contributed by atoms with Gasteiger partial charge < -0.3 is 10.3 Å². The van der Waals surface area contributed by atoms with Gasteiger partial charge in [0.05, 0.1) is 23.6 Å². The molecule has 5 aromatic rings. The van der Waals surface area contributed by atoms with E-state index in [1.54, 1.807) is 49.6 Å². The summed E-state index contributed by atoms with van der Waals surface area (Å²) in [6.45, 7) is 3.52. The van der Waals surface area contributed by atoms with Crippen molar-refractivity contribution in [2.45, 2.75) is 26.3 Å². The summed E-state index contributed by atoms with van der Waals surface area (Å²) in [6, 6.07) is 20.4. The van der Waals surface area contributed by atoms with Crippen LogP contribution in [-0.2, 0) is 4.79 Å². The number of nitrogens with one attached hydrogen (secondary N) is 2. The summed E-state index contributed by atoms with van der Waals surface area (Å²) < 4.78 is 13.3. The number of pyridine rings is 1.